The van der Waals surface area contributed by atoms with E-state index in [-0.39, 0.29) is 0 Å². The lowest BCUT2D eigenvalue weighted by Gasteiger charge is -2.24. The molecule has 1 aliphatic rings. The van der Waals surface area contributed by atoms with E-state index in [4.69, 9.17) is 0 Å². The van der Waals surface area contributed by atoms with E-state index < -0.39 is 0 Å². The van der Waals surface area contributed by atoms with Crippen LogP contribution in [0, 0.1) is 0 Å². The van der Waals surface area contributed by atoms with Gasteiger partial charge < -0.3 is 4.90 Å². The first kappa shape index (κ1) is 10.7. The lowest BCUT2D eigenvalue weighted by molar-refractivity contribution is 0.240. The van der Waals surface area contributed by atoms with Gasteiger partial charge in [-0.25, -0.2) is 0 Å². The minimum atomic E-state index is 1.25. The lowest BCUT2D eigenvalue weighted by atomic mass is 10.1. The number of likely N-dealkylation sites (tertiary alicyclic amines) is 1. The van der Waals surface area contributed by atoms with Crippen molar-refractivity contribution in [2.24, 2.45) is 0 Å². The summed E-state index contributed by atoms with van der Waals surface area (Å²) in [7, 11) is 0. The summed E-state index contributed by atoms with van der Waals surface area (Å²) in [4.78, 5) is 2.52. The van der Waals surface area contributed by atoms with Crippen LogP contribution in [0.4, 0.5) is 0 Å². The molecule has 0 N–H and O–H groups in total. The zero-order valence-corrected chi connectivity index (χ0v) is 7.97. The molecule has 0 radical (unpaired) electrons. The van der Waals surface area contributed by atoms with Crippen LogP contribution < -0.4 is 0 Å². The monoisotopic (exact) mass is 155 g/mol. The predicted molar refractivity (Wildman–Crippen MR) is 51.8 cm³/mol. The standard InChI is InChI=1S/C7H15N.C3H6/c1-2-8-6-4-3-5-7-8;1-3-2/h2-7H2,1H3;3H,1H2,2H3. The van der Waals surface area contributed by atoms with Crippen LogP contribution in [-0.4, -0.2) is 24.5 Å². The highest BCUT2D eigenvalue weighted by atomic mass is 15.1. The highest BCUT2D eigenvalue weighted by molar-refractivity contribution is 4.61. The average Bonchev–Trinajstić information content (AvgIpc) is 2.08. The Labute approximate surface area is 71.1 Å². The van der Waals surface area contributed by atoms with Gasteiger partial charge in [0, 0.05) is 0 Å². The van der Waals surface area contributed by atoms with E-state index >= 15 is 0 Å². The Bertz CT molecular complexity index is 82.9. The molecule has 1 aliphatic heterocycles. The van der Waals surface area contributed by atoms with Crippen LogP contribution in [0.1, 0.15) is 33.1 Å². The van der Waals surface area contributed by atoms with Gasteiger partial charge in [-0.3, -0.25) is 0 Å². The summed E-state index contributed by atoms with van der Waals surface area (Å²) in [6, 6.07) is 0. The second kappa shape index (κ2) is 7.80. The van der Waals surface area contributed by atoms with E-state index in [1.54, 1.807) is 6.08 Å². The fourth-order valence-electron chi connectivity index (χ4n) is 1.28. The van der Waals surface area contributed by atoms with Crippen molar-refractivity contribution in [2.45, 2.75) is 33.1 Å². The maximum absolute atomic E-state index is 3.36. The van der Waals surface area contributed by atoms with Crippen molar-refractivity contribution in [1.29, 1.82) is 0 Å². The Hall–Kier alpha value is -0.300. The second-order valence-electron chi connectivity index (χ2n) is 2.90. The van der Waals surface area contributed by atoms with Gasteiger partial charge in [-0.05, 0) is 39.4 Å². The van der Waals surface area contributed by atoms with Crippen molar-refractivity contribution in [3.05, 3.63) is 12.7 Å². The van der Waals surface area contributed by atoms with Gasteiger partial charge in [0.1, 0.15) is 0 Å². The largest absolute Gasteiger partial charge is 0.304 e. The van der Waals surface area contributed by atoms with Crippen LogP contribution in [0.3, 0.4) is 0 Å². The Kier molecular flexibility index (Phi) is 7.59. The maximum Gasteiger partial charge on any atom is -0.00188 e. The third-order valence-corrected chi connectivity index (χ3v) is 1.90. The van der Waals surface area contributed by atoms with Crippen molar-refractivity contribution < 1.29 is 0 Å². The molecule has 0 aromatic carbocycles. The molecule has 1 saturated heterocycles. The van der Waals surface area contributed by atoms with E-state index in [2.05, 4.69) is 18.4 Å². The molecule has 0 aromatic heterocycles. The fraction of sp³-hybridized carbons (Fsp3) is 0.800. The molecule has 1 rings (SSSR count). The molecule has 0 aromatic rings. The van der Waals surface area contributed by atoms with Crippen LogP contribution in [0.2, 0.25) is 0 Å². The number of rotatable bonds is 1. The third kappa shape index (κ3) is 6.11. The lowest BCUT2D eigenvalue weighted by Crippen LogP contribution is -2.29. The van der Waals surface area contributed by atoms with Gasteiger partial charge in [0.15, 0.2) is 0 Å². The summed E-state index contributed by atoms with van der Waals surface area (Å²) in [5.74, 6) is 0. The number of piperidine rings is 1. The van der Waals surface area contributed by atoms with Gasteiger partial charge >= 0.3 is 0 Å². The number of nitrogens with zero attached hydrogens (tertiary/aromatic N) is 1. The summed E-state index contributed by atoms with van der Waals surface area (Å²) in [5.41, 5.74) is 0. The molecule has 0 atom stereocenters. The quantitative estimate of drug-likeness (QED) is 0.526. The molecule has 1 heterocycles. The van der Waals surface area contributed by atoms with E-state index in [0.717, 1.165) is 0 Å². The van der Waals surface area contributed by atoms with Crippen LogP contribution in [0.5, 0.6) is 0 Å². The normalized spacial score (nSPS) is 18.4. The van der Waals surface area contributed by atoms with Crippen molar-refractivity contribution in [2.75, 3.05) is 19.6 Å². The first-order valence-electron chi connectivity index (χ1n) is 4.64. The molecule has 0 unspecified atom stereocenters. The van der Waals surface area contributed by atoms with Gasteiger partial charge in [-0.2, -0.15) is 0 Å². The van der Waals surface area contributed by atoms with Gasteiger partial charge in [0.25, 0.3) is 0 Å². The molecule has 66 valence electrons. The fourth-order valence-corrected chi connectivity index (χ4v) is 1.28. The Morgan fingerprint density at radius 2 is 1.73 bits per heavy atom. The van der Waals surface area contributed by atoms with E-state index in [1.165, 1.54) is 38.9 Å². The zero-order chi connectivity index (χ0) is 8.53. The van der Waals surface area contributed by atoms with E-state index in [9.17, 15) is 0 Å². The molecule has 0 bridgehead atoms. The first-order valence-corrected chi connectivity index (χ1v) is 4.64. The smallest absolute Gasteiger partial charge is 0.00188 e. The van der Waals surface area contributed by atoms with Gasteiger partial charge in [-0.1, -0.05) is 19.4 Å². The van der Waals surface area contributed by atoms with Crippen molar-refractivity contribution in [3.8, 4) is 0 Å². The summed E-state index contributed by atoms with van der Waals surface area (Å²) in [6.07, 6.45) is 6.05. The van der Waals surface area contributed by atoms with Crippen LogP contribution in [0.25, 0.3) is 0 Å². The zero-order valence-electron chi connectivity index (χ0n) is 7.97. The third-order valence-electron chi connectivity index (χ3n) is 1.90. The van der Waals surface area contributed by atoms with Crippen LogP contribution in [-0.2, 0) is 0 Å². The highest BCUT2D eigenvalue weighted by Crippen LogP contribution is 2.06. The summed E-state index contributed by atoms with van der Waals surface area (Å²) >= 11 is 0. The Morgan fingerprint density at radius 3 is 2.00 bits per heavy atom. The van der Waals surface area contributed by atoms with E-state index in [1.807, 2.05) is 6.92 Å². The minimum Gasteiger partial charge on any atom is -0.304 e. The Morgan fingerprint density at radius 1 is 1.27 bits per heavy atom. The highest BCUT2D eigenvalue weighted by Gasteiger charge is 2.05. The van der Waals surface area contributed by atoms with Crippen LogP contribution in [0.15, 0.2) is 12.7 Å². The minimum absolute atomic E-state index is 1.25. The number of hydrogen-bond acceptors (Lipinski definition) is 1. The number of hydrogen-bond donors (Lipinski definition) is 0. The van der Waals surface area contributed by atoms with Gasteiger partial charge in [-0.15, -0.1) is 6.58 Å². The van der Waals surface area contributed by atoms with Crippen molar-refractivity contribution >= 4 is 0 Å². The van der Waals surface area contributed by atoms with Gasteiger partial charge in [0.2, 0.25) is 0 Å². The van der Waals surface area contributed by atoms with Gasteiger partial charge in [0.05, 0.1) is 0 Å². The molecule has 1 fully saturated rings. The molecule has 1 heteroatoms. The molecule has 0 amide bonds. The van der Waals surface area contributed by atoms with Crippen LogP contribution >= 0.6 is 0 Å². The maximum atomic E-state index is 3.36. The molecule has 0 spiro atoms. The van der Waals surface area contributed by atoms with Crippen molar-refractivity contribution in [1.82, 2.24) is 4.90 Å². The molecular formula is C10H21N. The molecule has 0 aliphatic carbocycles. The predicted octanol–water partition coefficient (Wildman–Crippen LogP) is 2.68. The second-order valence-corrected chi connectivity index (χ2v) is 2.90. The molecular weight excluding hydrogens is 134 g/mol. The molecule has 11 heavy (non-hydrogen) atoms. The van der Waals surface area contributed by atoms with E-state index in [0.29, 0.717) is 0 Å². The summed E-state index contributed by atoms with van der Waals surface area (Å²) in [5, 5.41) is 0. The summed E-state index contributed by atoms with van der Waals surface area (Å²) < 4.78 is 0. The molecule has 0 saturated carbocycles. The number of allylic oxidation sites excluding steroid dienone is 1. The van der Waals surface area contributed by atoms with Crippen molar-refractivity contribution in [3.63, 3.8) is 0 Å². The molecule has 1 nitrogen and oxygen atoms in total. The average molecular weight is 155 g/mol. The SMILES string of the molecule is C=CC.CCN1CCCCC1. The first-order chi connectivity index (χ1) is 5.35. The summed E-state index contributed by atoms with van der Waals surface area (Å²) in [6.45, 7) is 11.4. The Balaban J connectivity index is 0.000000292. The topological polar surface area (TPSA) is 3.24 Å².